The average Bonchev–Trinajstić information content (AvgIpc) is 2.00. The summed E-state index contributed by atoms with van der Waals surface area (Å²) in [4.78, 5) is 0. The highest BCUT2D eigenvalue weighted by atomic mass is 14.9. The summed E-state index contributed by atoms with van der Waals surface area (Å²) in [6.45, 7) is 15.9. The number of hydrogen-bond acceptors (Lipinski definition) is 1. The second-order valence-electron chi connectivity index (χ2n) is 6.57. The first-order valence-corrected chi connectivity index (χ1v) is 5.80. The molecule has 15 heavy (non-hydrogen) atoms. The van der Waals surface area contributed by atoms with Gasteiger partial charge in [-0.15, -0.1) is 0 Å². The van der Waals surface area contributed by atoms with Crippen molar-refractivity contribution in [3.63, 3.8) is 0 Å². The molecule has 0 aromatic rings. The maximum absolute atomic E-state index is 3.55. The third kappa shape index (κ3) is 2.87. The van der Waals surface area contributed by atoms with Crippen LogP contribution in [0.4, 0.5) is 0 Å². The van der Waals surface area contributed by atoms with Crippen LogP contribution in [0.2, 0.25) is 0 Å². The highest BCUT2D eigenvalue weighted by Gasteiger charge is 2.29. The van der Waals surface area contributed by atoms with Crippen LogP contribution in [0, 0.1) is 10.8 Å². The highest BCUT2D eigenvalue weighted by Crippen LogP contribution is 2.39. The van der Waals surface area contributed by atoms with Crippen LogP contribution in [-0.2, 0) is 0 Å². The molecule has 86 valence electrons. The van der Waals surface area contributed by atoms with E-state index in [1.807, 2.05) is 0 Å². The minimum absolute atomic E-state index is 0.206. The van der Waals surface area contributed by atoms with Crippen LogP contribution >= 0.6 is 0 Å². The zero-order valence-corrected chi connectivity index (χ0v) is 11.3. The zero-order valence-electron chi connectivity index (χ0n) is 11.3. The van der Waals surface area contributed by atoms with Crippen molar-refractivity contribution in [1.29, 1.82) is 0 Å². The molecule has 0 amide bonds. The lowest BCUT2D eigenvalue weighted by molar-refractivity contribution is 0.411. The zero-order chi connectivity index (χ0) is 11.9. The van der Waals surface area contributed by atoms with Crippen LogP contribution in [0.15, 0.2) is 23.0 Å². The smallest absolute Gasteiger partial charge is 0.0203 e. The Balaban J connectivity index is 3.16. The van der Waals surface area contributed by atoms with Crippen LogP contribution in [-0.4, -0.2) is 0 Å². The lowest BCUT2D eigenvalue weighted by Gasteiger charge is -2.36. The maximum Gasteiger partial charge on any atom is 0.0203 e. The van der Waals surface area contributed by atoms with Gasteiger partial charge in [0.05, 0.1) is 0 Å². The molecular formula is C14H25N. The summed E-state index contributed by atoms with van der Waals surface area (Å²) >= 11 is 0. The molecule has 1 N–H and O–H groups in total. The van der Waals surface area contributed by atoms with E-state index in [9.17, 15) is 0 Å². The Morgan fingerprint density at radius 1 is 1.00 bits per heavy atom. The fourth-order valence-electron chi connectivity index (χ4n) is 2.00. The van der Waals surface area contributed by atoms with E-state index in [-0.39, 0.29) is 10.8 Å². The summed E-state index contributed by atoms with van der Waals surface area (Å²) in [5.41, 5.74) is 4.70. The molecule has 1 aliphatic rings. The predicted molar refractivity (Wildman–Crippen MR) is 67.4 cm³/mol. The quantitative estimate of drug-likeness (QED) is 0.627. The van der Waals surface area contributed by atoms with Crippen molar-refractivity contribution >= 4 is 0 Å². The normalized spacial score (nSPS) is 18.7. The van der Waals surface area contributed by atoms with Gasteiger partial charge in [-0.2, -0.15) is 0 Å². The van der Waals surface area contributed by atoms with E-state index in [0.717, 1.165) is 6.42 Å². The molecule has 0 aromatic heterocycles. The van der Waals surface area contributed by atoms with E-state index in [0.29, 0.717) is 0 Å². The molecule has 0 unspecified atom stereocenters. The number of allylic oxidation sites excluding steroid dienone is 4. The van der Waals surface area contributed by atoms with Crippen molar-refractivity contribution in [3.8, 4) is 0 Å². The molecule has 0 saturated carbocycles. The molecule has 1 heterocycles. The second kappa shape index (κ2) is 3.70. The van der Waals surface area contributed by atoms with Gasteiger partial charge in [-0.05, 0) is 24.3 Å². The fraction of sp³-hybridized carbons (Fsp3) is 0.714. The Morgan fingerprint density at radius 2 is 1.53 bits per heavy atom. The number of nitrogens with one attached hydrogen (secondary N) is 1. The van der Waals surface area contributed by atoms with Crippen molar-refractivity contribution in [2.24, 2.45) is 10.8 Å². The molecule has 1 rings (SSSR count). The van der Waals surface area contributed by atoms with Gasteiger partial charge >= 0.3 is 0 Å². The number of dihydropyridines is 1. The average molecular weight is 207 g/mol. The molecule has 1 aliphatic heterocycles. The summed E-state index contributed by atoms with van der Waals surface area (Å²) in [6, 6.07) is 0. The van der Waals surface area contributed by atoms with Gasteiger partial charge in [0.15, 0.2) is 0 Å². The maximum atomic E-state index is 3.55. The molecule has 0 radical (unpaired) electrons. The Hall–Kier alpha value is -0.720. The van der Waals surface area contributed by atoms with E-state index in [1.54, 1.807) is 5.57 Å². The first-order valence-electron chi connectivity index (χ1n) is 5.80. The summed E-state index contributed by atoms with van der Waals surface area (Å²) in [7, 11) is 0. The van der Waals surface area contributed by atoms with E-state index >= 15 is 0 Å². The molecule has 1 heteroatoms. The number of rotatable bonds is 0. The molecule has 0 bridgehead atoms. The topological polar surface area (TPSA) is 12.0 Å². The molecule has 0 atom stereocenters. The summed E-state index contributed by atoms with van der Waals surface area (Å²) < 4.78 is 0. The summed E-state index contributed by atoms with van der Waals surface area (Å²) in [5.74, 6) is 0. The second-order valence-corrected chi connectivity index (χ2v) is 6.57. The number of hydrogen-bond donors (Lipinski definition) is 1. The van der Waals surface area contributed by atoms with Crippen LogP contribution in [0.5, 0.6) is 0 Å². The van der Waals surface area contributed by atoms with Gasteiger partial charge in [0.25, 0.3) is 0 Å². The monoisotopic (exact) mass is 207 g/mol. The SMILES string of the molecule is CC1=CCC(C(C)(C)C)=C(C(C)(C)C)N1. The molecule has 1 nitrogen and oxygen atoms in total. The van der Waals surface area contributed by atoms with Crippen molar-refractivity contribution in [1.82, 2.24) is 5.32 Å². The Kier molecular flexibility index (Phi) is 3.04. The van der Waals surface area contributed by atoms with E-state index < -0.39 is 0 Å². The minimum Gasteiger partial charge on any atom is -0.362 e. The van der Waals surface area contributed by atoms with Gasteiger partial charge in [-0.1, -0.05) is 47.6 Å². The van der Waals surface area contributed by atoms with Crippen LogP contribution in [0.25, 0.3) is 0 Å². The largest absolute Gasteiger partial charge is 0.362 e. The van der Waals surface area contributed by atoms with Crippen LogP contribution < -0.4 is 5.32 Å². The van der Waals surface area contributed by atoms with E-state index in [4.69, 9.17) is 0 Å². The minimum atomic E-state index is 0.206. The highest BCUT2D eigenvalue weighted by molar-refractivity contribution is 5.32. The third-order valence-corrected chi connectivity index (χ3v) is 2.89. The molecule has 0 aliphatic carbocycles. The Morgan fingerprint density at radius 3 is 1.93 bits per heavy atom. The van der Waals surface area contributed by atoms with Crippen molar-refractivity contribution in [3.05, 3.63) is 23.0 Å². The molecular weight excluding hydrogens is 182 g/mol. The van der Waals surface area contributed by atoms with Crippen molar-refractivity contribution in [2.45, 2.75) is 54.9 Å². The van der Waals surface area contributed by atoms with Crippen LogP contribution in [0.3, 0.4) is 0 Å². The fourth-order valence-corrected chi connectivity index (χ4v) is 2.00. The van der Waals surface area contributed by atoms with Gasteiger partial charge in [0, 0.05) is 16.8 Å². The molecule has 0 saturated heterocycles. The van der Waals surface area contributed by atoms with Gasteiger partial charge < -0.3 is 5.32 Å². The standard InChI is InChI=1S/C14H25N/c1-10-8-9-11(13(2,3)4)12(15-10)14(5,6)7/h8,15H,9H2,1-7H3. The molecule has 0 aromatic carbocycles. The molecule has 0 spiro atoms. The summed E-state index contributed by atoms with van der Waals surface area (Å²) in [6.07, 6.45) is 3.38. The lowest BCUT2D eigenvalue weighted by atomic mass is 9.76. The Labute approximate surface area is 94.6 Å². The van der Waals surface area contributed by atoms with Gasteiger partial charge in [-0.3, -0.25) is 0 Å². The van der Waals surface area contributed by atoms with Gasteiger partial charge in [0.1, 0.15) is 0 Å². The van der Waals surface area contributed by atoms with E-state index in [1.165, 1.54) is 11.4 Å². The van der Waals surface area contributed by atoms with E-state index in [2.05, 4.69) is 59.9 Å². The van der Waals surface area contributed by atoms with Crippen LogP contribution in [0.1, 0.15) is 54.9 Å². The first kappa shape index (κ1) is 12.4. The molecule has 0 fully saturated rings. The van der Waals surface area contributed by atoms with Gasteiger partial charge in [0.2, 0.25) is 0 Å². The van der Waals surface area contributed by atoms with Crippen molar-refractivity contribution in [2.75, 3.05) is 0 Å². The summed E-state index contributed by atoms with van der Waals surface area (Å²) in [5, 5.41) is 3.55. The lowest BCUT2D eigenvalue weighted by Crippen LogP contribution is -2.31. The third-order valence-electron chi connectivity index (χ3n) is 2.89. The Bertz CT molecular complexity index is 305. The first-order chi connectivity index (χ1) is 6.62. The van der Waals surface area contributed by atoms with Gasteiger partial charge in [-0.25, -0.2) is 0 Å². The van der Waals surface area contributed by atoms with Crippen molar-refractivity contribution < 1.29 is 0 Å². The predicted octanol–water partition coefficient (Wildman–Crippen LogP) is 4.23.